The number of carboxylic acids is 2. The molecule has 7 heteroatoms. The Hall–Kier alpha value is -2.15. The summed E-state index contributed by atoms with van der Waals surface area (Å²) in [7, 11) is 1.27. The number of benzene rings is 1. The molecular formula is C11H12FNO5. The molecule has 0 spiro atoms. The first-order chi connectivity index (χ1) is 8.45. The van der Waals surface area contributed by atoms with Gasteiger partial charge in [-0.05, 0) is 18.2 Å². The van der Waals surface area contributed by atoms with Gasteiger partial charge in [0, 0.05) is 0 Å². The van der Waals surface area contributed by atoms with Crippen LogP contribution in [0.15, 0.2) is 18.2 Å². The maximum atomic E-state index is 13.6. The van der Waals surface area contributed by atoms with E-state index in [0.717, 1.165) is 11.1 Å². The Morgan fingerprint density at radius 2 is 2.06 bits per heavy atom. The zero-order chi connectivity index (χ0) is 13.7. The Morgan fingerprint density at radius 3 is 2.50 bits per heavy atom. The maximum absolute atomic E-state index is 13.6. The number of aliphatic carboxylic acids is 1. The average molecular weight is 257 g/mol. The van der Waals surface area contributed by atoms with Crippen molar-refractivity contribution < 1.29 is 29.0 Å². The van der Waals surface area contributed by atoms with Crippen molar-refractivity contribution in [3.8, 4) is 0 Å². The first kappa shape index (κ1) is 13.9. The molecule has 0 bridgehead atoms. The Morgan fingerprint density at radius 1 is 1.39 bits per heavy atom. The van der Waals surface area contributed by atoms with Crippen LogP contribution in [-0.2, 0) is 9.63 Å². The number of hydrogen-bond acceptors (Lipinski definition) is 4. The zero-order valence-corrected chi connectivity index (χ0v) is 9.59. The quantitative estimate of drug-likeness (QED) is 0.748. The van der Waals surface area contributed by atoms with Crippen molar-refractivity contribution >= 4 is 17.6 Å². The van der Waals surface area contributed by atoms with E-state index in [1.165, 1.54) is 19.2 Å². The number of halogens is 1. The van der Waals surface area contributed by atoms with Gasteiger partial charge in [0.1, 0.15) is 5.82 Å². The van der Waals surface area contributed by atoms with Gasteiger partial charge in [0.05, 0.1) is 31.3 Å². The highest BCUT2D eigenvalue weighted by Crippen LogP contribution is 2.21. The lowest BCUT2D eigenvalue weighted by atomic mass is 10.2. The molecule has 0 atom stereocenters. The van der Waals surface area contributed by atoms with Gasteiger partial charge in [-0.15, -0.1) is 0 Å². The molecular weight excluding hydrogens is 245 g/mol. The average Bonchev–Trinajstić information content (AvgIpc) is 2.30. The van der Waals surface area contributed by atoms with Crippen LogP contribution in [0.1, 0.15) is 16.8 Å². The molecule has 0 amide bonds. The number of hydrogen-bond donors (Lipinski definition) is 2. The van der Waals surface area contributed by atoms with Crippen molar-refractivity contribution in [3.05, 3.63) is 29.6 Å². The smallest absolute Gasteiger partial charge is 0.335 e. The van der Waals surface area contributed by atoms with E-state index < -0.39 is 17.8 Å². The Labute approximate surface area is 102 Å². The number of rotatable bonds is 6. The highest BCUT2D eigenvalue weighted by Gasteiger charge is 2.15. The zero-order valence-electron chi connectivity index (χ0n) is 9.59. The summed E-state index contributed by atoms with van der Waals surface area (Å²) in [6.45, 7) is -0.0465. The van der Waals surface area contributed by atoms with Crippen LogP contribution in [-0.4, -0.2) is 35.8 Å². The minimum atomic E-state index is -1.24. The van der Waals surface area contributed by atoms with Gasteiger partial charge >= 0.3 is 11.9 Å². The molecule has 2 N–H and O–H groups in total. The number of aromatic carboxylic acids is 1. The molecule has 0 fully saturated rings. The first-order valence-electron chi connectivity index (χ1n) is 5.02. The molecule has 0 aromatic heterocycles. The van der Waals surface area contributed by atoms with Gasteiger partial charge in [-0.2, -0.15) is 0 Å². The second-order valence-electron chi connectivity index (χ2n) is 3.40. The summed E-state index contributed by atoms with van der Waals surface area (Å²) in [5.41, 5.74) is -0.200. The predicted octanol–water partition coefficient (Wildman–Crippen LogP) is 1.37. The van der Waals surface area contributed by atoms with Gasteiger partial charge in [0.15, 0.2) is 0 Å². The molecule has 1 aromatic rings. The third kappa shape index (κ3) is 3.42. The molecule has 1 rings (SSSR count). The van der Waals surface area contributed by atoms with Crippen molar-refractivity contribution in [2.75, 3.05) is 18.7 Å². The monoisotopic (exact) mass is 257 g/mol. The highest BCUT2D eigenvalue weighted by atomic mass is 19.1. The maximum Gasteiger partial charge on any atom is 0.335 e. The van der Waals surface area contributed by atoms with Crippen molar-refractivity contribution in [1.29, 1.82) is 0 Å². The van der Waals surface area contributed by atoms with Crippen molar-refractivity contribution in [2.45, 2.75) is 6.42 Å². The summed E-state index contributed by atoms with van der Waals surface area (Å²) >= 11 is 0. The van der Waals surface area contributed by atoms with Crippen molar-refractivity contribution in [2.24, 2.45) is 0 Å². The minimum Gasteiger partial charge on any atom is -0.481 e. The van der Waals surface area contributed by atoms with Gasteiger partial charge in [-0.25, -0.2) is 9.18 Å². The summed E-state index contributed by atoms with van der Waals surface area (Å²) in [5.74, 6) is -3.07. The Kier molecular flexibility index (Phi) is 4.61. The molecule has 98 valence electrons. The van der Waals surface area contributed by atoms with E-state index in [1.54, 1.807) is 0 Å². The minimum absolute atomic E-state index is 0.0104. The van der Waals surface area contributed by atoms with Crippen LogP contribution in [0.3, 0.4) is 0 Å². The second kappa shape index (κ2) is 5.97. The fourth-order valence-electron chi connectivity index (χ4n) is 1.35. The Balaban J connectivity index is 2.92. The normalized spacial score (nSPS) is 10.1. The van der Waals surface area contributed by atoms with Crippen LogP contribution in [0, 0.1) is 5.82 Å². The lowest BCUT2D eigenvalue weighted by molar-refractivity contribution is -0.137. The molecule has 6 nitrogen and oxygen atoms in total. The molecule has 1 aromatic carbocycles. The third-order valence-corrected chi connectivity index (χ3v) is 2.21. The van der Waals surface area contributed by atoms with Gasteiger partial charge in [0.25, 0.3) is 0 Å². The summed E-state index contributed by atoms with van der Waals surface area (Å²) in [6.07, 6.45) is -0.228. The molecule has 0 aliphatic rings. The van der Waals surface area contributed by atoms with Crippen LogP contribution in [0.5, 0.6) is 0 Å². The van der Waals surface area contributed by atoms with Crippen LogP contribution in [0.4, 0.5) is 10.1 Å². The number of hydroxylamine groups is 1. The molecule has 0 unspecified atom stereocenters. The van der Waals surface area contributed by atoms with E-state index >= 15 is 0 Å². The summed E-state index contributed by atoms with van der Waals surface area (Å²) in [6, 6.07) is 3.29. The summed E-state index contributed by atoms with van der Waals surface area (Å²) in [5, 5.41) is 18.3. The van der Waals surface area contributed by atoms with Crippen LogP contribution in [0.25, 0.3) is 0 Å². The molecule has 18 heavy (non-hydrogen) atoms. The van der Waals surface area contributed by atoms with Gasteiger partial charge < -0.3 is 10.2 Å². The molecule has 0 radical (unpaired) electrons. The Bertz CT molecular complexity index is 463. The lowest BCUT2D eigenvalue weighted by Gasteiger charge is -2.21. The van der Waals surface area contributed by atoms with E-state index in [1.807, 2.05) is 0 Å². The van der Waals surface area contributed by atoms with E-state index in [4.69, 9.17) is 15.1 Å². The number of nitrogens with zero attached hydrogens (tertiary/aromatic N) is 1. The van der Waals surface area contributed by atoms with Gasteiger partial charge in [0.2, 0.25) is 0 Å². The van der Waals surface area contributed by atoms with Crippen molar-refractivity contribution in [3.63, 3.8) is 0 Å². The third-order valence-electron chi connectivity index (χ3n) is 2.21. The lowest BCUT2D eigenvalue weighted by Crippen LogP contribution is -2.25. The largest absolute Gasteiger partial charge is 0.481 e. The fourth-order valence-corrected chi connectivity index (χ4v) is 1.35. The molecule has 0 aliphatic carbocycles. The van der Waals surface area contributed by atoms with Gasteiger partial charge in [-0.3, -0.25) is 14.7 Å². The SMILES string of the molecule is CON(CCC(=O)O)c1ccc(C(=O)O)cc1F. The van der Waals surface area contributed by atoms with E-state index in [-0.39, 0.29) is 24.2 Å². The van der Waals surface area contributed by atoms with Crippen molar-refractivity contribution in [1.82, 2.24) is 0 Å². The van der Waals surface area contributed by atoms with Crippen LogP contribution < -0.4 is 5.06 Å². The fraction of sp³-hybridized carbons (Fsp3) is 0.273. The topological polar surface area (TPSA) is 87.1 Å². The molecule has 0 saturated carbocycles. The van der Waals surface area contributed by atoms with Gasteiger partial charge in [-0.1, -0.05) is 0 Å². The van der Waals surface area contributed by atoms with Crippen LogP contribution >= 0.6 is 0 Å². The summed E-state index contributed by atoms with van der Waals surface area (Å²) < 4.78 is 13.6. The van der Waals surface area contributed by atoms with Crippen LogP contribution in [0.2, 0.25) is 0 Å². The predicted molar refractivity (Wildman–Crippen MR) is 60.0 cm³/mol. The highest BCUT2D eigenvalue weighted by molar-refractivity contribution is 5.88. The van der Waals surface area contributed by atoms with E-state index in [9.17, 15) is 14.0 Å². The second-order valence-corrected chi connectivity index (χ2v) is 3.40. The number of carbonyl (C=O) groups is 2. The first-order valence-corrected chi connectivity index (χ1v) is 5.02. The molecule has 0 saturated heterocycles. The molecule has 0 heterocycles. The number of anilines is 1. The number of carboxylic acid groups (broad SMARTS) is 2. The summed E-state index contributed by atoms with van der Waals surface area (Å²) in [4.78, 5) is 25.9. The standard InChI is InChI=1S/C11H12FNO5/c1-18-13(5-4-10(14)15)9-3-2-7(11(16)17)6-8(9)12/h2-3,6H,4-5H2,1H3,(H,14,15)(H,16,17). The molecule has 0 aliphatic heterocycles. The van der Waals surface area contributed by atoms with E-state index in [2.05, 4.69) is 0 Å². The van der Waals surface area contributed by atoms with E-state index in [0.29, 0.717) is 0 Å².